The smallest absolute Gasteiger partial charge is 0.336 e. The van der Waals surface area contributed by atoms with E-state index >= 15 is 0 Å². The molecular weight excluding hydrogens is 1120 g/mol. The minimum Gasteiger partial charge on any atom is -0.478 e. The first-order chi connectivity index (χ1) is 43.2. The summed E-state index contributed by atoms with van der Waals surface area (Å²) < 4.78 is 0. The number of fused-ring (bicyclic) bond motifs is 8. The second-order valence-electron chi connectivity index (χ2n) is 29.0. The van der Waals surface area contributed by atoms with Crippen molar-refractivity contribution in [1.29, 1.82) is 0 Å². The number of carbonyl (C=O) groups is 2. The summed E-state index contributed by atoms with van der Waals surface area (Å²) in [6.07, 6.45) is 20.0. The number of hydrogen-bond donors (Lipinski definition) is 4. The van der Waals surface area contributed by atoms with Crippen LogP contribution < -0.4 is 4.90 Å². The molecule has 2 aliphatic rings. The van der Waals surface area contributed by atoms with E-state index < -0.39 is 11.9 Å². The maximum Gasteiger partial charge on any atom is 0.336 e. The number of benzene rings is 5. The zero-order valence-corrected chi connectivity index (χ0v) is 56.1. The highest BCUT2D eigenvalue weighted by Gasteiger charge is 2.28. The van der Waals surface area contributed by atoms with Gasteiger partial charge in [-0.2, -0.15) is 0 Å². The van der Waals surface area contributed by atoms with Gasteiger partial charge in [-0.25, -0.2) is 19.6 Å². The number of aromatic nitrogens is 4. The standard InChI is InChI=1S/C82H91N5O4/c1-15-17-19-21-23-52-25-31-61(32-26-52)87(62-33-27-53(28-34-62)24-22-20-18-16-2)76-72-43-41-70(85-72)74(55-46-57(79(3,4)5)50-58(47-55)80(6,7)8)68-39-37-66(83-68)64(36-30-54-29-35-63(77(88)89)65(45-54)78(90)91)67-38-40-69(84-67)75(71-42-44-73(76)86-71)56-48-59(81(9,10)11)51-60(49-56)82(12,13)14/h25-29,31-35,37-51,83,86H,15-24H2,1-14H3,(H,88,89)(H,90,91). The number of unbranched alkanes of at least 4 members (excludes halogenated alkanes) is 6. The molecule has 3 aromatic heterocycles. The SMILES string of the molecule is CCCCCCc1ccc(N(c2ccc(CCCCCC)cc2)c2c3nc(c(-c4cc(C(C)(C)C)cc(C(C)(C)C)c4)c4ccc([nH]4)c(C#Cc4ccc(C(=O)O)c(C(=O)O)c4)c4nc(c(-c5cc(C(C)(C)C)cc(C(C)(C)C)c5)c5ccc2[nH]5)C=C4)C=C3)cc1. The van der Waals surface area contributed by atoms with E-state index in [0.717, 1.165) is 98.6 Å². The number of anilines is 3. The Morgan fingerprint density at radius 1 is 0.429 bits per heavy atom. The molecule has 9 nitrogen and oxygen atoms in total. The molecule has 0 spiro atoms. The largest absolute Gasteiger partial charge is 0.478 e. The van der Waals surface area contributed by atoms with E-state index in [1.807, 2.05) is 12.1 Å². The van der Waals surface area contributed by atoms with Crippen LogP contribution in [0.3, 0.4) is 0 Å². The van der Waals surface area contributed by atoms with Gasteiger partial charge in [0.15, 0.2) is 0 Å². The van der Waals surface area contributed by atoms with Crippen molar-refractivity contribution in [2.45, 2.75) is 183 Å². The Morgan fingerprint density at radius 3 is 1.27 bits per heavy atom. The van der Waals surface area contributed by atoms with E-state index in [4.69, 9.17) is 9.97 Å². The lowest BCUT2D eigenvalue weighted by Gasteiger charge is -2.27. The average Bonchev–Trinajstić information content (AvgIpc) is 1.78. The molecule has 0 saturated carbocycles. The molecular formula is C82H91N5O4. The van der Waals surface area contributed by atoms with Gasteiger partial charge in [0.1, 0.15) is 0 Å². The maximum absolute atomic E-state index is 12.5. The van der Waals surface area contributed by atoms with Crippen LogP contribution in [0, 0.1) is 11.8 Å². The van der Waals surface area contributed by atoms with Crippen LogP contribution in [0.15, 0.2) is 127 Å². The Labute approximate surface area is 539 Å². The zero-order valence-electron chi connectivity index (χ0n) is 56.1. The quantitative estimate of drug-likeness (QED) is 0.0527. The molecule has 2 aliphatic heterocycles. The first kappa shape index (κ1) is 65.0. The van der Waals surface area contributed by atoms with Gasteiger partial charge in [-0.15, -0.1) is 0 Å². The van der Waals surface area contributed by atoms with Crippen LogP contribution in [0.4, 0.5) is 17.1 Å². The van der Waals surface area contributed by atoms with Gasteiger partial charge in [0.25, 0.3) is 0 Å². The van der Waals surface area contributed by atoms with Crippen LogP contribution in [-0.2, 0) is 34.5 Å². The van der Waals surface area contributed by atoms with Crippen molar-refractivity contribution >= 4 is 75.4 Å². The van der Waals surface area contributed by atoms with E-state index in [2.05, 4.69) is 245 Å². The minimum absolute atomic E-state index is 0.192. The number of aryl methyl sites for hydroxylation is 2. The van der Waals surface area contributed by atoms with Gasteiger partial charge in [-0.3, -0.25) is 0 Å². The first-order valence-electron chi connectivity index (χ1n) is 32.8. The van der Waals surface area contributed by atoms with E-state index in [-0.39, 0.29) is 32.8 Å². The molecule has 468 valence electrons. The molecule has 5 heterocycles. The molecule has 0 unspecified atom stereocenters. The van der Waals surface area contributed by atoms with Gasteiger partial charge >= 0.3 is 11.9 Å². The van der Waals surface area contributed by atoms with E-state index in [1.165, 1.54) is 84.0 Å². The van der Waals surface area contributed by atoms with Gasteiger partial charge in [0, 0.05) is 39.1 Å². The minimum atomic E-state index is -1.35. The van der Waals surface area contributed by atoms with Crippen molar-refractivity contribution in [2.24, 2.45) is 0 Å². The summed E-state index contributed by atoms with van der Waals surface area (Å²) in [6, 6.07) is 45.0. The monoisotopic (exact) mass is 1210 g/mol. The third-order valence-corrected chi connectivity index (χ3v) is 17.7. The summed E-state index contributed by atoms with van der Waals surface area (Å²) >= 11 is 0. The molecule has 8 bridgehead atoms. The number of aromatic carboxylic acids is 2. The summed E-state index contributed by atoms with van der Waals surface area (Å²) in [6.45, 7) is 31.6. The molecule has 0 fully saturated rings. The van der Waals surface area contributed by atoms with Gasteiger partial charge in [0.2, 0.25) is 0 Å². The third-order valence-electron chi connectivity index (χ3n) is 17.7. The lowest BCUT2D eigenvalue weighted by atomic mass is 9.78. The number of hydrogen-bond acceptors (Lipinski definition) is 5. The van der Waals surface area contributed by atoms with Gasteiger partial charge in [0.05, 0.1) is 56.2 Å². The van der Waals surface area contributed by atoms with Gasteiger partial charge in [-0.05, 0) is 183 Å². The van der Waals surface area contributed by atoms with E-state index in [0.29, 0.717) is 22.3 Å². The van der Waals surface area contributed by atoms with Crippen LogP contribution in [-0.4, -0.2) is 42.1 Å². The molecule has 9 heteroatoms. The van der Waals surface area contributed by atoms with Crippen LogP contribution in [0.25, 0.3) is 68.6 Å². The number of H-pyrrole nitrogens is 2. The van der Waals surface area contributed by atoms with E-state index in [9.17, 15) is 19.8 Å². The molecule has 8 aromatic rings. The second kappa shape index (κ2) is 26.4. The predicted molar refractivity (Wildman–Crippen MR) is 381 cm³/mol. The number of carboxylic acid groups (broad SMARTS) is 2. The normalized spacial score (nSPS) is 12.5. The van der Waals surface area contributed by atoms with E-state index in [1.54, 1.807) is 6.07 Å². The number of rotatable bonds is 17. The van der Waals surface area contributed by atoms with Crippen molar-refractivity contribution in [3.63, 3.8) is 0 Å². The molecule has 0 aliphatic carbocycles. The molecule has 91 heavy (non-hydrogen) atoms. The Hall–Kier alpha value is -9.00. The highest BCUT2D eigenvalue weighted by molar-refractivity contribution is 6.03. The second-order valence-corrected chi connectivity index (χ2v) is 29.0. The van der Waals surface area contributed by atoms with Crippen LogP contribution >= 0.6 is 0 Å². The summed E-state index contributed by atoms with van der Waals surface area (Å²) in [5.74, 6) is 4.00. The highest BCUT2D eigenvalue weighted by Crippen LogP contribution is 2.45. The van der Waals surface area contributed by atoms with Crippen LogP contribution in [0.1, 0.15) is 236 Å². The van der Waals surface area contributed by atoms with Gasteiger partial charge in [-0.1, -0.05) is 208 Å². The fourth-order valence-electron chi connectivity index (χ4n) is 12.1. The van der Waals surface area contributed by atoms with Crippen molar-refractivity contribution < 1.29 is 19.8 Å². The van der Waals surface area contributed by atoms with Crippen molar-refractivity contribution in [2.75, 3.05) is 4.90 Å². The zero-order chi connectivity index (χ0) is 65.2. The molecule has 0 amide bonds. The summed E-state index contributed by atoms with van der Waals surface area (Å²) in [5.41, 5.74) is 19.8. The molecule has 5 aromatic carbocycles. The summed E-state index contributed by atoms with van der Waals surface area (Å²) in [5, 5.41) is 20.1. The Morgan fingerprint density at radius 2 is 0.835 bits per heavy atom. The van der Waals surface area contributed by atoms with Crippen molar-refractivity contribution in [1.82, 2.24) is 19.9 Å². The lowest BCUT2D eigenvalue weighted by Crippen LogP contribution is -2.16. The highest BCUT2D eigenvalue weighted by atomic mass is 16.4. The number of aromatic amines is 2. The molecule has 0 saturated heterocycles. The fourth-order valence-corrected chi connectivity index (χ4v) is 12.1. The summed E-state index contributed by atoms with van der Waals surface area (Å²) in [7, 11) is 0. The lowest BCUT2D eigenvalue weighted by molar-refractivity contribution is 0.0651. The van der Waals surface area contributed by atoms with Crippen molar-refractivity contribution in [3.05, 3.63) is 206 Å². The van der Waals surface area contributed by atoms with Crippen molar-refractivity contribution in [3.8, 4) is 34.1 Å². The Bertz CT molecular complexity index is 4160. The Kier molecular flexibility index (Phi) is 18.9. The van der Waals surface area contributed by atoms with Gasteiger partial charge < -0.3 is 25.1 Å². The molecule has 0 radical (unpaired) electrons. The summed E-state index contributed by atoms with van der Waals surface area (Å²) in [4.78, 5) is 46.5. The Balaban J connectivity index is 1.37. The topological polar surface area (TPSA) is 135 Å². The molecule has 4 N–H and O–H groups in total. The first-order valence-corrected chi connectivity index (χ1v) is 32.8. The molecule has 0 atom stereocenters. The maximum atomic E-state index is 12.5. The third kappa shape index (κ3) is 14.8. The number of nitrogens with one attached hydrogen (secondary N) is 2. The molecule has 10 rings (SSSR count). The fraction of sp³-hybridized carbons (Fsp3) is 0.341. The number of carboxylic acids is 2. The predicted octanol–water partition coefficient (Wildman–Crippen LogP) is 21.7. The average molecular weight is 1210 g/mol. The number of nitrogens with zero attached hydrogens (tertiary/aromatic N) is 3. The van der Waals surface area contributed by atoms with Crippen LogP contribution in [0.2, 0.25) is 0 Å². The van der Waals surface area contributed by atoms with Crippen LogP contribution in [0.5, 0.6) is 0 Å².